The molecule has 10 aromatic rings. The van der Waals surface area contributed by atoms with Crippen molar-refractivity contribution in [2.75, 3.05) is 132 Å². The molecule has 16 rings (SSSR count). The lowest BCUT2D eigenvalue weighted by molar-refractivity contribution is 0.0695. The summed E-state index contributed by atoms with van der Waals surface area (Å²) < 4.78 is 105. The van der Waals surface area contributed by atoms with Crippen LogP contribution in [0.3, 0.4) is 0 Å². The molecule has 0 fully saturated rings. The smallest absolute Gasteiger partial charge is 0.161 e. The Hall–Kier alpha value is -10.4. The van der Waals surface area contributed by atoms with Gasteiger partial charge in [-0.3, -0.25) is 0 Å². The zero-order valence-electron chi connectivity index (χ0n) is 88.3. The minimum absolute atomic E-state index is 0.385. The normalized spacial score (nSPS) is 14.5. The zero-order chi connectivity index (χ0) is 99.4. The zero-order valence-corrected chi connectivity index (χ0v) is 88.3. The molecule has 0 saturated carbocycles. The summed E-state index contributed by atoms with van der Waals surface area (Å²) >= 11 is 0. The van der Waals surface area contributed by atoms with Crippen LogP contribution in [0.1, 0.15) is 348 Å². The van der Waals surface area contributed by atoms with Gasteiger partial charge in [0, 0.05) is 51.4 Å². The molecular weight excluding hydrogens is 1790 g/mol. The molecule has 0 radical (unpaired) electrons. The van der Waals surface area contributed by atoms with Crippen LogP contribution in [0.25, 0.3) is 0 Å². The Morgan fingerprint density at radius 2 is 0.299 bits per heavy atom. The van der Waals surface area contributed by atoms with Crippen LogP contribution in [-0.2, 0) is 70.3 Å². The van der Waals surface area contributed by atoms with Crippen LogP contribution in [-0.4, -0.2) is 132 Å². The minimum Gasteiger partial charge on any atom is -0.493 e. The standard InChI is InChI=1S/C66H90O8.C62H82O8/c1-3-5-7-9-11-13-15-17-19-23-39-71-63-53-29-25-30-54(63)50-58-34-28-36-60-52-56-32-26-31-55(64(56)72-40-24-20-18-16-14-12-10-8-6-4-2)51-59-35-27-33-57(49-53)65(59)73-47-43-67-41-45-69-61-37-21-22-38-62(61)70-46-42-68-44-48-74-66(58)60;1-3-5-7-9-11-13-15-19-35-67-59-49-25-21-26-50(59)46-54-30-24-32-56-48-52-28-22-27-51(60(52)68-36-20-16-14-12-10-8-6-4-2)47-55-31-23-29-53(45-49)61(55)69-43-39-63-37-41-65-57-33-17-18-34-58(57)66-42-38-64-40-44-70-62(54)56/h21-22,25-38H,3-20,23-24,39-52H2,1-2H3;17-18,21-34H,3-16,19-20,35-48H2,1-2H3. The van der Waals surface area contributed by atoms with E-state index in [1.165, 1.54) is 205 Å². The van der Waals surface area contributed by atoms with Gasteiger partial charge in [-0.05, 0) is 139 Å². The molecular formula is C128H172O16. The molecule has 16 heteroatoms. The van der Waals surface area contributed by atoms with Crippen molar-refractivity contribution in [2.45, 2.75) is 310 Å². The fourth-order valence-corrected chi connectivity index (χ4v) is 20.2. The van der Waals surface area contributed by atoms with E-state index in [0.29, 0.717) is 207 Å². The van der Waals surface area contributed by atoms with Gasteiger partial charge in [0.1, 0.15) is 98.9 Å². The van der Waals surface area contributed by atoms with E-state index in [1.807, 2.05) is 48.5 Å². The monoisotopic (exact) mass is 1970 g/mol. The van der Waals surface area contributed by atoms with Crippen molar-refractivity contribution < 1.29 is 75.8 Å². The van der Waals surface area contributed by atoms with Crippen molar-refractivity contribution in [2.24, 2.45) is 0 Å². The lowest BCUT2D eigenvalue weighted by atomic mass is 9.91. The number of rotatable bonds is 44. The molecule has 0 N–H and O–H groups in total. The topological polar surface area (TPSA) is 148 Å². The summed E-state index contributed by atoms with van der Waals surface area (Å²) in [6.45, 7) is 18.3. The van der Waals surface area contributed by atoms with E-state index in [1.54, 1.807) is 0 Å². The molecule has 4 aliphatic heterocycles. The van der Waals surface area contributed by atoms with Crippen LogP contribution in [0.2, 0.25) is 0 Å². The third-order valence-corrected chi connectivity index (χ3v) is 28.0. The summed E-state index contributed by atoms with van der Waals surface area (Å²) in [6.07, 6.45) is 50.9. The molecule has 2 aliphatic carbocycles. The van der Waals surface area contributed by atoms with E-state index in [9.17, 15) is 0 Å². The summed E-state index contributed by atoms with van der Waals surface area (Å²) in [6, 6.07) is 68.6. The maximum atomic E-state index is 6.99. The van der Waals surface area contributed by atoms with Gasteiger partial charge in [-0.1, -0.05) is 403 Å². The molecule has 10 aromatic carbocycles. The summed E-state index contributed by atoms with van der Waals surface area (Å²) in [5, 5.41) is 0. The van der Waals surface area contributed by atoms with Gasteiger partial charge in [0.15, 0.2) is 23.0 Å². The molecule has 0 unspecified atom stereocenters. The SMILES string of the molecule is CCCCCCCCCCCCOc1c2cccc1Cc1cccc3c1OCCOCCOc1ccccc1OCCOCCOc1c(cccc1Cc1cccc(c1OCCCCCCCCCCCC)C3)C2.CCCCCCCCCCOc1c2cccc1Cc1cccc3c1OCCOCCOc1ccccc1OCCOCCOc1c(cccc1Cc1cccc(c1OCCCCCCCCCC)C3)C2. The van der Waals surface area contributed by atoms with Gasteiger partial charge in [-0.15, -0.1) is 0 Å². The summed E-state index contributed by atoms with van der Waals surface area (Å²) in [5.74, 6) is 10.2. The highest BCUT2D eigenvalue weighted by molar-refractivity contribution is 5.59. The van der Waals surface area contributed by atoms with E-state index in [4.69, 9.17) is 75.8 Å². The van der Waals surface area contributed by atoms with E-state index in [0.717, 1.165) is 161 Å². The lowest BCUT2D eigenvalue weighted by Gasteiger charge is -2.23. The second-order valence-corrected chi connectivity index (χ2v) is 39.5. The van der Waals surface area contributed by atoms with E-state index in [-0.39, 0.29) is 0 Å². The molecule has 0 spiro atoms. The van der Waals surface area contributed by atoms with Gasteiger partial charge in [-0.2, -0.15) is 0 Å². The Morgan fingerprint density at radius 3 is 0.465 bits per heavy atom. The number of benzene rings is 10. The maximum absolute atomic E-state index is 6.99. The fourth-order valence-electron chi connectivity index (χ4n) is 20.2. The van der Waals surface area contributed by atoms with Crippen LogP contribution in [0.5, 0.6) is 69.0 Å². The van der Waals surface area contributed by atoms with Crippen molar-refractivity contribution >= 4 is 0 Å². The molecule has 780 valence electrons. The number of hydrogen-bond donors (Lipinski definition) is 0. The predicted molar refractivity (Wildman–Crippen MR) is 585 cm³/mol. The first-order chi connectivity index (χ1) is 71.4. The van der Waals surface area contributed by atoms with Crippen molar-refractivity contribution in [1.29, 1.82) is 0 Å². The van der Waals surface area contributed by atoms with Gasteiger partial charge >= 0.3 is 0 Å². The molecule has 144 heavy (non-hydrogen) atoms. The number of ether oxygens (including phenoxy) is 16. The predicted octanol–water partition coefficient (Wildman–Crippen LogP) is 30.9. The van der Waals surface area contributed by atoms with Gasteiger partial charge in [0.05, 0.1) is 79.3 Å². The minimum atomic E-state index is 0.385. The molecule has 0 amide bonds. The van der Waals surface area contributed by atoms with Crippen molar-refractivity contribution in [3.05, 3.63) is 283 Å². The highest BCUT2D eigenvalue weighted by Gasteiger charge is 2.27. The van der Waals surface area contributed by atoms with Crippen molar-refractivity contribution in [3.8, 4) is 69.0 Å². The second kappa shape index (κ2) is 66.7. The van der Waals surface area contributed by atoms with Crippen molar-refractivity contribution in [3.63, 3.8) is 0 Å². The third-order valence-electron chi connectivity index (χ3n) is 28.0. The first kappa shape index (κ1) is 111. The van der Waals surface area contributed by atoms with Crippen LogP contribution < -0.4 is 56.8 Å². The van der Waals surface area contributed by atoms with Gasteiger partial charge < -0.3 is 75.8 Å². The molecule has 20 bridgehead atoms. The Bertz CT molecular complexity index is 4760. The van der Waals surface area contributed by atoms with E-state index >= 15 is 0 Å². The molecule has 16 nitrogen and oxygen atoms in total. The molecule has 0 atom stereocenters. The largest absolute Gasteiger partial charge is 0.493 e. The van der Waals surface area contributed by atoms with E-state index < -0.39 is 0 Å². The number of hydrogen-bond acceptors (Lipinski definition) is 16. The maximum Gasteiger partial charge on any atom is 0.161 e. The fraction of sp³-hybridized carbons (Fsp3) is 0.531. The van der Waals surface area contributed by atoms with E-state index in [2.05, 4.69) is 173 Å². The Kier molecular flexibility index (Phi) is 51.3. The Morgan fingerprint density at radius 1 is 0.153 bits per heavy atom. The van der Waals surface area contributed by atoms with Gasteiger partial charge in [0.2, 0.25) is 0 Å². The summed E-state index contributed by atoms with van der Waals surface area (Å²) in [4.78, 5) is 0. The number of unbranched alkanes of at least 4 members (excludes halogenated alkanes) is 32. The van der Waals surface area contributed by atoms with Crippen LogP contribution in [0.15, 0.2) is 194 Å². The quantitative estimate of drug-likeness (QED) is 0.0263. The molecule has 6 aliphatic rings. The van der Waals surface area contributed by atoms with Gasteiger partial charge in [-0.25, -0.2) is 0 Å². The first-order valence-corrected chi connectivity index (χ1v) is 56.3. The first-order valence-electron chi connectivity index (χ1n) is 56.3. The lowest BCUT2D eigenvalue weighted by Crippen LogP contribution is -2.14. The van der Waals surface area contributed by atoms with Crippen molar-refractivity contribution in [1.82, 2.24) is 0 Å². The number of fused-ring (bicyclic) bond motifs is 24. The van der Waals surface area contributed by atoms with Gasteiger partial charge in [0.25, 0.3) is 0 Å². The summed E-state index contributed by atoms with van der Waals surface area (Å²) in [5.41, 5.74) is 18.2. The third kappa shape index (κ3) is 37.8. The van der Waals surface area contributed by atoms with Crippen LogP contribution >= 0.6 is 0 Å². The Balaban J connectivity index is 0.000000242. The van der Waals surface area contributed by atoms with Crippen LogP contribution in [0.4, 0.5) is 0 Å². The highest BCUT2D eigenvalue weighted by atomic mass is 16.6. The molecule has 0 saturated heterocycles. The molecule has 0 aromatic heterocycles. The number of para-hydroxylation sites is 12. The average molecular weight is 1970 g/mol. The second-order valence-electron chi connectivity index (χ2n) is 39.5. The summed E-state index contributed by atoms with van der Waals surface area (Å²) in [7, 11) is 0. The average Bonchev–Trinajstić information content (AvgIpc) is 0.810. The van der Waals surface area contributed by atoms with Crippen LogP contribution in [0, 0.1) is 0 Å². The Labute approximate surface area is 865 Å². The molecule has 4 heterocycles. The highest BCUT2D eigenvalue weighted by Crippen LogP contribution is 2.44.